The minimum absolute atomic E-state index is 0.0288. The molecule has 4 fully saturated rings. The number of amides is 1. The minimum atomic E-state index is -4.59. The standard InChI is InChI=1S/C58H70N8O8S/c1-38(2)47-8-6-7-9-48(47)52-37-63(36-41-10-15-53(73-5)39(3)28-41)26-27-65(52)44-32-58(33-44)21-24-64(25-22-58)43-11-13-49(54(30-43)74-45-29-42-18-23-59-55(42)61-35-45)56(67)62-75(71,72)46-12-14-50(51(31-46)66(69)70)60-34-40-16-19-57(4,68)20-17-40/h6-15,18,23,28-31,35,38,40,44,52,60,68H,16-17,19-22,24-27,32-34,36-37H2,1-5H3,(H,59,61)(H,62,67)/t40-,52?,57-. The first-order chi connectivity index (χ1) is 35.9. The van der Waals surface area contributed by atoms with Crippen molar-refractivity contribution in [2.24, 2.45) is 11.3 Å². The average molecular weight is 1040 g/mol. The third-order valence-electron chi connectivity index (χ3n) is 16.6. The molecule has 4 heterocycles. The van der Waals surface area contributed by atoms with Crippen LogP contribution < -0.4 is 24.4 Å². The number of carbonyl (C=O) groups is 1. The molecule has 17 heteroatoms. The lowest BCUT2D eigenvalue weighted by atomic mass is 9.59. The van der Waals surface area contributed by atoms with Gasteiger partial charge in [0.05, 0.1) is 34.3 Å². The van der Waals surface area contributed by atoms with E-state index in [-0.39, 0.29) is 34.4 Å². The highest BCUT2D eigenvalue weighted by Gasteiger charge is 2.50. The lowest BCUT2D eigenvalue weighted by molar-refractivity contribution is -0.384. The predicted molar refractivity (Wildman–Crippen MR) is 291 cm³/mol. The normalized spacial score (nSPS) is 21.5. The monoisotopic (exact) mass is 1040 g/mol. The molecule has 1 amide bonds. The van der Waals surface area contributed by atoms with Crippen LogP contribution in [0.3, 0.4) is 0 Å². The number of aliphatic hydroxyl groups is 1. The Kier molecular flexibility index (Phi) is 14.7. The number of nitro benzene ring substituents is 1. The highest BCUT2D eigenvalue weighted by atomic mass is 32.2. The van der Waals surface area contributed by atoms with E-state index in [9.17, 15) is 28.4 Å². The molecule has 1 spiro atoms. The highest BCUT2D eigenvalue weighted by molar-refractivity contribution is 7.90. The number of benzene rings is 4. The van der Waals surface area contributed by atoms with E-state index in [1.165, 1.54) is 28.8 Å². The fourth-order valence-electron chi connectivity index (χ4n) is 12.2. The third kappa shape index (κ3) is 11.4. The van der Waals surface area contributed by atoms with E-state index in [0.29, 0.717) is 42.7 Å². The molecule has 2 aromatic heterocycles. The summed E-state index contributed by atoms with van der Waals surface area (Å²) in [6, 6.07) is 28.7. The van der Waals surface area contributed by atoms with Gasteiger partial charge in [0.25, 0.3) is 21.6 Å². The SMILES string of the molecule is COc1ccc(CN2CCN(C3CC4(CCN(c5ccc(C(=O)NS(=O)(=O)c6ccc(NC[C@H]7CC[C@](C)(O)CC7)c([N+](=O)[O-])c6)c(Oc6cnc7[nH]ccc7c6)c5)CC4)C3)C(c3ccccc3C(C)C)C2)cc1C. The van der Waals surface area contributed by atoms with Gasteiger partial charge in [-0.1, -0.05) is 50.2 Å². The summed E-state index contributed by atoms with van der Waals surface area (Å²) in [7, 11) is -2.87. The Bertz CT molecular complexity index is 3170. The molecule has 1 atom stereocenters. The van der Waals surface area contributed by atoms with Crippen molar-refractivity contribution in [1.29, 1.82) is 0 Å². The maximum atomic E-state index is 14.1. The zero-order chi connectivity index (χ0) is 52.6. The molecule has 1 unspecified atom stereocenters. The largest absolute Gasteiger partial charge is 0.496 e. The molecule has 0 radical (unpaired) electrons. The molecular formula is C58H70N8O8S. The van der Waals surface area contributed by atoms with Crippen molar-refractivity contribution in [3.63, 3.8) is 0 Å². The molecular weight excluding hydrogens is 969 g/mol. The maximum absolute atomic E-state index is 14.1. The number of piperidine rings is 1. The van der Waals surface area contributed by atoms with Gasteiger partial charge in [0.2, 0.25) is 0 Å². The van der Waals surface area contributed by atoms with Gasteiger partial charge in [-0.25, -0.2) is 18.1 Å². The van der Waals surface area contributed by atoms with Crippen LogP contribution in [-0.4, -0.2) is 102 Å². The predicted octanol–water partition coefficient (Wildman–Crippen LogP) is 10.5. The molecule has 4 N–H and O–H groups in total. The Hall–Kier alpha value is -6.53. The number of fused-ring (bicyclic) bond motifs is 1. The first kappa shape index (κ1) is 51.9. The fraction of sp³-hybridized carbons (Fsp3) is 0.448. The minimum Gasteiger partial charge on any atom is -0.496 e. The van der Waals surface area contributed by atoms with E-state index in [4.69, 9.17) is 9.47 Å². The first-order valence-corrected chi connectivity index (χ1v) is 28.0. The van der Waals surface area contributed by atoms with E-state index >= 15 is 0 Å². The number of aromatic amines is 1. The summed E-state index contributed by atoms with van der Waals surface area (Å²) < 4.78 is 41.8. The Morgan fingerprint density at radius 1 is 0.947 bits per heavy atom. The van der Waals surface area contributed by atoms with E-state index in [2.05, 4.69) is 97.9 Å². The van der Waals surface area contributed by atoms with Gasteiger partial charge >= 0.3 is 0 Å². The van der Waals surface area contributed by atoms with Gasteiger partial charge in [-0.05, 0) is 147 Å². The molecule has 10 rings (SSSR count). The lowest BCUT2D eigenvalue weighted by Crippen LogP contribution is -2.60. The van der Waals surface area contributed by atoms with Crippen LogP contribution >= 0.6 is 0 Å². The van der Waals surface area contributed by atoms with Crippen LogP contribution in [0.5, 0.6) is 17.2 Å². The quantitative estimate of drug-likeness (QED) is 0.0529. The van der Waals surface area contributed by atoms with Crippen molar-refractivity contribution in [3.8, 4) is 17.2 Å². The smallest absolute Gasteiger partial charge is 0.293 e. The number of ether oxygens (including phenoxy) is 2. The maximum Gasteiger partial charge on any atom is 0.293 e. The molecule has 2 saturated heterocycles. The number of nitro groups is 1. The summed E-state index contributed by atoms with van der Waals surface area (Å²) in [5, 5.41) is 26.5. The van der Waals surface area contributed by atoms with Crippen LogP contribution in [0.1, 0.15) is 117 Å². The summed E-state index contributed by atoms with van der Waals surface area (Å²) in [6.45, 7) is 14.4. The number of aromatic nitrogens is 2. The topological polar surface area (TPSA) is 195 Å². The Morgan fingerprint density at radius 2 is 1.72 bits per heavy atom. The Morgan fingerprint density at radius 3 is 2.45 bits per heavy atom. The molecule has 2 aliphatic heterocycles. The molecule has 396 valence electrons. The van der Waals surface area contributed by atoms with Crippen LogP contribution in [0.15, 0.2) is 108 Å². The van der Waals surface area contributed by atoms with Crippen molar-refractivity contribution >= 4 is 44.0 Å². The van der Waals surface area contributed by atoms with E-state index < -0.39 is 37.0 Å². The molecule has 75 heavy (non-hydrogen) atoms. The van der Waals surface area contributed by atoms with Crippen LogP contribution in [-0.2, 0) is 16.6 Å². The van der Waals surface area contributed by atoms with E-state index in [1.807, 2.05) is 19.1 Å². The van der Waals surface area contributed by atoms with Gasteiger partial charge in [0.1, 0.15) is 28.6 Å². The second-order valence-electron chi connectivity index (χ2n) is 22.2. The molecule has 2 saturated carbocycles. The number of aryl methyl sites for hydroxylation is 1. The number of hydrogen-bond donors (Lipinski definition) is 4. The highest BCUT2D eigenvalue weighted by Crippen LogP contribution is 2.53. The van der Waals surface area contributed by atoms with E-state index in [1.54, 1.807) is 37.7 Å². The van der Waals surface area contributed by atoms with Crippen molar-refractivity contribution in [2.45, 2.75) is 114 Å². The molecule has 6 aromatic rings. The van der Waals surface area contributed by atoms with Gasteiger partial charge in [0, 0.05) is 87.3 Å². The van der Waals surface area contributed by atoms with E-state index in [0.717, 1.165) is 106 Å². The number of piperazine rings is 1. The zero-order valence-electron chi connectivity index (χ0n) is 43.7. The molecule has 2 aliphatic carbocycles. The number of sulfonamides is 1. The molecule has 0 bridgehead atoms. The summed E-state index contributed by atoms with van der Waals surface area (Å²) in [5.74, 6) is 1.08. The molecule has 4 aliphatic rings. The Balaban J connectivity index is 0.831. The van der Waals surface area contributed by atoms with Crippen LogP contribution in [0.4, 0.5) is 17.1 Å². The second-order valence-corrected chi connectivity index (χ2v) is 23.9. The number of nitrogens with one attached hydrogen (secondary N) is 3. The number of hydrogen-bond acceptors (Lipinski definition) is 13. The van der Waals surface area contributed by atoms with Gasteiger partial charge in [-0.2, -0.15) is 0 Å². The average Bonchev–Trinajstić information content (AvgIpc) is 3.86. The van der Waals surface area contributed by atoms with Crippen molar-refractivity contribution < 1.29 is 32.7 Å². The van der Waals surface area contributed by atoms with Gasteiger partial charge in [0.15, 0.2) is 0 Å². The number of H-pyrrole nitrogens is 1. The Labute approximate surface area is 440 Å². The van der Waals surface area contributed by atoms with Crippen molar-refractivity contribution in [1.82, 2.24) is 24.5 Å². The zero-order valence-corrected chi connectivity index (χ0v) is 44.5. The van der Waals surface area contributed by atoms with Crippen LogP contribution in [0.25, 0.3) is 11.0 Å². The van der Waals surface area contributed by atoms with Crippen molar-refractivity contribution in [2.75, 3.05) is 56.6 Å². The summed E-state index contributed by atoms with van der Waals surface area (Å²) in [5.41, 5.74) is 6.04. The third-order valence-corrected chi connectivity index (χ3v) is 18.0. The number of carbonyl (C=O) groups excluding carboxylic acids is 1. The summed E-state index contributed by atoms with van der Waals surface area (Å²) in [6.07, 6.45) is 10.4. The number of methoxy groups -OCH3 is 1. The van der Waals surface area contributed by atoms with Crippen LogP contribution in [0, 0.1) is 28.4 Å². The molecule has 16 nitrogen and oxygen atoms in total. The first-order valence-electron chi connectivity index (χ1n) is 26.5. The lowest BCUT2D eigenvalue weighted by Gasteiger charge is -2.58. The number of anilines is 2. The summed E-state index contributed by atoms with van der Waals surface area (Å²) >= 11 is 0. The van der Waals surface area contributed by atoms with Gasteiger partial charge in [-0.15, -0.1) is 0 Å². The second kappa shape index (κ2) is 21.2. The fourth-order valence-corrected chi connectivity index (χ4v) is 13.2. The van der Waals surface area contributed by atoms with Crippen molar-refractivity contribution in [3.05, 3.63) is 141 Å². The van der Waals surface area contributed by atoms with Gasteiger partial charge < -0.3 is 29.8 Å². The van der Waals surface area contributed by atoms with Crippen LogP contribution in [0.2, 0.25) is 0 Å². The van der Waals surface area contributed by atoms with Gasteiger partial charge in [-0.3, -0.25) is 24.7 Å². The number of nitrogens with zero attached hydrogens (tertiary/aromatic N) is 5. The number of pyridine rings is 1. The molecule has 4 aromatic carbocycles. The summed E-state index contributed by atoms with van der Waals surface area (Å²) in [4.78, 5) is 40.6. The number of rotatable bonds is 16.